The van der Waals surface area contributed by atoms with Crippen LogP contribution in [0.3, 0.4) is 0 Å². The Balaban J connectivity index is 1.81. The van der Waals surface area contributed by atoms with Gasteiger partial charge in [-0.15, -0.1) is 0 Å². The zero-order chi connectivity index (χ0) is 13.4. The molecular formula is C15H24N4. The molecule has 0 aromatic carbocycles. The van der Waals surface area contributed by atoms with Gasteiger partial charge in [0.1, 0.15) is 5.82 Å². The minimum absolute atomic E-state index is 0.625. The molecule has 0 spiro atoms. The average Bonchev–Trinajstić information content (AvgIpc) is 2.74. The fourth-order valence-electron chi connectivity index (χ4n) is 3.56. The molecule has 2 saturated heterocycles. The van der Waals surface area contributed by atoms with Crippen LogP contribution >= 0.6 is 0 Å². The molecule has 0 saturated carbocycles. The van der Waals surface area contributed by atoms with Crippen LogP contribution in [0.1, 0.15) is 44.0 Å². The predicted molar refractivity (Wildman–Crippen MR) is 77.5 cm³/mol. The Morgan fingerprint density at radius 3 is 2.47 bits per heavy atom. The van der Waals surface area contributed by atoms with Crippen molar-refractivity contribution in [3.63, 3.8) is 0 Å². The van der Waals surface area contributed by atoms with Crippen molar-refractivity contribution in [1.82, 2.24) is 15.3 Å². The first-order chi connectivity index (χ1) is 9.17. The lowest BCUT2D eigenvalue weighted by molar-refractivity contribution is 0.347. The van der Waals surface area contributed by atoms with Gasteiger partial charge in [0, 0.05) is 24.7 Å². The van der Waals surface area contributed by atoms with Crippen molar-refractivity contribution in [3.05, 3.63) is 17.6 Å². The van der Waals surface area contributed by atoms with E-state index < -0.39 is 0 Å². The fourth-order valence-corrected chi connectivity index (χ4v) is 3.56. The standard InChI is InChI=1S/C15H24N4/c1-4-19(15-9-16-10(2)11(3)17-15)14-7-12-5-6-13(8-14)18-12/h9,12-14,18H,4-8H2,1-3H3. The number of nitrogens with zero attached hydrogens (tertiary/aromatic N) is 3. The van der Waals surface area contributed by atoms with Gasteiger partial charge in [0.2, 0.25) is 0 Å². The van der Waals surface area contributed by atoms with Crippen LogP contribution in [0, 0.1) is 13.8 Å². The lowest BCUT2D eigenvalue weighted by Crippen LogP contribution is -2.48. The fraction of sp³-hybridized carbons (Fsp3) is 0.733. The van der Waals surface area contributed by atoms with Crippen LogP contribution < -0.4 is 10.2 Å². The van der Waals surface area contributed by atoms with E-state index in [1.54, 1.807) is 0 Å². The van der Waals surface area contributed by atoms with Crippen LogP contribution in [0.2, 0.25) is 0 Å². The smallest absolute Gasteiger partial charge is 0.147 e. The normalized spacial score (nSPS) is 29.5. The van der Waals surface area contributed by atoms with Crippen LogP contribution in [0.5, 0.6) is 0 Å². The number of fused-ring (bicyclic) bond motifs is 2. The number of nitrogens with one attached hydrogen (secondary N) is 1. The van der Waals surface area contributed by atoms with Crippen molar-refractivity contribution in [3.8, 4) is 0 Å². The van der Waals surface area contributed by atoms with Gasteiger partial charge < -0.3 is 10.2 Å². The largest absolute Gasteiger partial charge is 0.353 e. The topological polar surface area (TPSA) is 41.1 Å². The molecule has 0 radical (unpaired) electrons. The Labute approximate surface area is 115 Å². The van der Waals surface area contributed by atoms with Crippen LogP contribution in [0.15, 0.2) is 6.20 Å². The maximum atomic E-state index is 4.73. The van der Waals surface area contributed by atoms with Gasteiger partial charge >= 0.3 is 0 Å². The van der Waals surface area contributed by atoms with E-state index in [1.165, 1.54) is 25.7 Å². The van der Waals surface area contributed by atoms with Crippen molar-refractivity contribution < 1.29 is 0 Å². The Kier molecular flexibility index (Phi) is 3.44. The summed E-state index contributed by atoms with van der Waals surface area (Å²) in [7, 11) is 0. The molecule has 1 N–H and O–H groups in total. The molecule has 1 aromatic rings. The predicted octanol–water partition coefficient (Wildman–Crippen LogP) is 2.20. The summed E-state index contributed by atoms with van der Waals surface area (Å²) < 4.78 is 0. The number of hydrogen-bond acceptors (Lipinski definition) is 4. The molecule has 104 valence electrons. The Bertz CT molecular complexity index is 447. The third kappa shape index (κ3) is 2.46. The van der Waals surface area contributed by atoms with Gasteiger partial charge in [0.15, 0.2) is 0 Å². The molecule has 1 aromatic heterocycles. The average molecular weight is 260 g/mol. The number of anilines is 1. The van der Waals surface area contributed by atoms with Crippen molar-refractivity contribution in [2.45, 2.75) is 64.6 Å². The monoisotopic (exact) mass is 260 g/mol. The quantitative estimate of drug-likeness (QED) is 0.904. The molecule has 2 fully saturated rings. The van der Waals surface area contributed by atoms with Crippen LogP contribution in [-0.4, -0.2) is 34.6 Å². The minimum Gasteiger partial charge on any atom is -0.353 e. The second-order valence-electron chi connectivity index (χ2n) is 5.95. The van der Waals surface area contributed by atoms with E-state index in [0.29, 0.717) is 6.04 Å². The summed E-state index contributed by atoms with van der Waals surface area (Å²) in [6.07, 6.45) is 7.13. The lowest BCUT2D eigenvalue weighted by atomic mass is 9.98. The SMILES string of the molecule is CCN(c1cnc(C)c(C)n1)C1CC2CCC(C1)N2. The number of hydrogen-bond donors (Lipinski definition) is 1. The molecule has 4 heteroatoms. The van der Waals surface area contributed by atoms with Crippen molar-refractivity contribution in [1.29, 1.82) is 0 Å². The summed E-state index contributed by atoms with van der Waals surface area (Å²) >= 11 is 0. The molecule has 2 aliphatic heterocycles. The Morgan fingerprint density at radius 2 is 1.89 bits per heavy atom. The van der Waals surface area contributed by atoms with E-state index in [0.717, 1.165) is 35.8 Å². The highest BCUT2D eigenvalue weighted by molar-refractivity contribution is 5.39. The van der Waals surface area contributed by atoms with E-state index in [-0.39, 0.29) is 0 Å². The van der Waals surface area contributed by atoms with E-state index in [9.17, 15) is 0 Å². The zero-order valence-corrected chi connectivity index (χ0v) is 12.2. The first-order valence-corrected chi connectivity index (χ1v) is 7.50. The van der Waals surface area contributed by atoms with Gasteiger partial charge in [0.05, 0.1) is 17.6 Å². The van der Waals surface area contributed by atoms with E-state index in [1.807, 2.05) is 20.0 Å². The Hall–Kier alpha value is -1.16. The third-order valence-corrected chi connectivity index (χ3v) is 4.70. The molecule has 3 heterocycles. The molecule has 19 heavy (non-hydrogen) atoms. The summed E-state index contributed by atoms with van der Waals surface area (Å²) in [5.74, 6) is 1.05. The maximum Gasteiger partial charge on any atom is 0.147 e. The van der Waals surface area contributed by atoms with Gasteiger partial charge in [-0.1, -0.05) is 0 Å². The second-order valence-corrected chi connectivity index (χ2v) is 5.95. The second kappa shape index (κ2) is 5.08. The van der Waals surface area contributed by atoms with Crippen molar-refractivity contribution in [2.75, 3.05) is 11.4 Å². The molecular weight excluding hydrogens is 236 g/mol. The molecule has 2 bridgehead atoms. The van der Waals surface area contributed by atoms with Crippen LogP contribution in [0.4, 0.5) is 5.82 Å². The molecule has 3 rings (SSSR count). The van der Waals surface area contributed by atoms with Crippen molar-refractivity contribution in [2.24, 2.45) is 0 Å². The molecule has 2 unspecified atom stereocenters. The minimum atomic E-state index is 0.625. The third-order valence-electron chi connectivity index (χ3n) is 4.70. The number of aryl methyl sites for hydroxylation is 2. The summed E-state index contributed by atoms with van der Waals surface area (Å²) in [6, 6.07) is 2.06. The first-order valence-electron chi connectivity index (χ1n) is 7.50. The summed E-state index contributed by atoms with van der Waals surface area (Å²) in [4.78, 5) is 11.7. The first kappa shape index (κ1) is 12.9. The molecule has 2 aliphatic rings. The van der Waals surface area contributed by atoms with Crippen LogP contribution in [-0.2, 0) is 0 Å². The van der Waals surface area contributed by atoms with E-state index >= 15 is 0 Å². The lowest BCUT2D eigenvalue weighted by Gasteiger charge is -2.38. The summed E-state index contributed by atoms with van der Waals surface area (Å²) in [5.41, 5.74) is 2.08. The zero-order valence-electron chi connectivity index (χ0n) is 12.2. The van der Waals surface area contributed by atoms with Gasteiger partial charge in [-0.3, -0.25) is 4.98 Å². The highest BCUT2D eigenvalue weighted by Gasteiger charge is 2.36. The van der Waals surface area contributed by atoms with Gasteiger partial charge in [0.25, 0.3) is 0 Å². The molecule has 0 amide bonds. The highest BCUT2D eigenvalue weighted by Crippen LogP contribution is 2.31. The summed E-state index contributed by atoms with van der Waals surface area (Å²) in [5, 5.41) is 3.71. The number of rotatable bonds is 3. The van der Waals surface area contributed by atoms with E-state index in [2.05, 4.69) is 22.1 Å². The number of piperidine rings is 1. The van der Waals surface area contributed by atoms with E-state index in [4.69, 9.17) is 4.98 Å². The number of aromatic nitrogens is 2. The molecule has 2 atom stereocenters. The summed E-state index contributed by atoms with van der Waals surface area (Å²) in [6.45, 7) is 7.31. The molecule has 4 nitrogen and oxygen atoms in total. The molecule has 0 aliphatic carbocycles. The highest BCUT2D eigenvalue weighted by atomic mass is 15.2. The van der Waals surface area contributed by atoms with Crippen LogP contribution in [0.25, 0.3) is 0 Å². The Morgan fingerprint density at radius 1 is 1.21 bits per heavy atom. The van der Waals surface area contributed by atoms with Gasteiger partial charge in [-0.05, 0) is 46.5 Å². The maximum absolute atomic E-state index is 4.73. The van der Waals surface area contributed by atoms with Gasteiger partial charge in [-0.25, -0.2) is 4.98 Å². The van der Waals surface area contributed by atoms with Gasteiger partial charge in [-0.2, -0.15) is 0 Å². The van der Waals surface area contributed by atoms with Crippen molar-refractivity contribution >= 4 is 5.82 Å².